The van der Waals surface area contributed by atoms with Crippen LogP contribution in [-0.2, 0) is 11.3 Å². The fraction of sp³-hybridized carbons (Fsp3) is 0.464. The molecule has 1 aliphatic carbocycles. The monoisotopic (exact) mass is 510 g/mol. The Bertz CT molecular complexity index is 1180. The molecular formula is C28H32F2N4O3. The van der Waals surface area contributed by atoms with E-state index in [-0.39, 0.29) is 12.6 Å². The standard InChI is InChI=1S/C28H32F2N4O3/c1-19-17-28(14-15-33(19)27(36)37-18-20-8-3-2-4-9-20)25(31-24-13-6-5-12-23(24)30)32-26(35)34(28)22-11-7-10-21(29)16-22/h2-4,7-11,16,19,23-24H,5-6,12-15,17-18H2,1H3,(H,31,32,35)/t19?,23-,24-,28-/m1/s1. The van der Waals surface area contributed by atoms with Gasteiger partial charge in [0.1, 0.15) is 30.0 Å². The molecule has 196 valence electrons. The largest absolute Gasteiger partial charge is 0.445 e. The van der Waals surface area contributed by atoms with Crippen LogP contribution in [0.15, 0.2) is 59.6 Å². The molecule has 2 fully saturated rings. The quantitative estimate of drug-likeness (QED) is 0.582. The minimum atomic E-state index is -1.03. The molecule has 2 aromatic rings. The Morgan fingerprint density at radius 3 is 2.68 bits per heavy atom. The van der Waals surface area contributed by atoms with Crippen LogP contribution in [0.25, 0.3) is 0 Å². The number of likely N-dealkylation sites (tertiary alicyclic amines) is 1. The van der Waals surface area contributed by atoms with E-state index < -0.39 is 35.7 Å². The fourth-order valence-electron chi connectivity index (χ4n) is 5.82. The number of nitrogens with one attached hydrogen (secondary N) is 1. The molecule has 2 aromatic carbocycles. The highest BCUT2D eigenvalue weighted by atomic mass is 19.1. The first kappa shape index (κ1) is 25.2. The normalized spacial score (nSPS) is 27.8. The van der Waals surface area contributed by atoms with Crippen LogP contribution in [0.4, 0.5) is 24.1 Å². The number of alkyl halides is 1. The van der Waals surface area contributed by atoms with Crippen molar-refractivity contribution in [1.29, 1.82) is 0 Å². The topological polar surface area (TPSA) is 74.2 Å². The maximum Gasteiger partial charge on any atom is 0.410 e. The first-order valence-corrected chi connectivity index (χ1v) is 12.9. The molecule has 0 radical (unpaired) electrons. The molecule has 3 amide bonds. The van der Waals surface area contributed by atoms with Gasteiger partial charge >= 0.3 is 12.1 Å². The third kappa shape index (κ3) is 5.04. The van der Waals surface area contributed by atoms with E-state index in [1.54, 1.807) is 17.0 Å². The average molecular weight is 511 g/mol. The number of ether oxygens (including phenoxy) is 1. The van der Waals surface area contributed by atoms with Gasteiger partial charge in [0, 0.05) is 18.3 Å². The third-order valence-electron chi connectivity index (χ3n) is 7.71. The number of nitrogens with zero attached hydrogens (tertiary/aromatic N) is 3. The number of halogens is 2. The third-order valence-corrected chi connectivity index (χ3v) is 7.71. The highest BCUT2D eigenvalue weighted by Gasteiger charge is 2.55. The van der Waals surface area contributed by atoms with Crippen molar-refractivity contribution in [2.24, 2.45) is 4.99 Å². The van der Waals surface area contributed by atoms with Crippen molar-refractivity contribution in [3.63, 3.8) is 0 Å². The van der Waals surface area contributed by atoms with Crippen LogP contribution in [0.3, 0.4) is 0 Å². The zero-order valence-electron chi connectivity index (χ0n) is 20.9. The minimum absolute atomic E-state index is 0.162. The second-order valence-electron chi connectivity index (χ2n) is 10.2. The Kier molecular flexibility index (Phi) is 7.13. The van der Waals surface area contributed by atoms with E-state index in [1.165, 1.54) is 17.0 Å². The van der Waals surface area contributed by atoms with E-state index in [1.807, 2.05) is 37.3 Å². The van der Waals surface area contributed by atoms with Crippen molar-refractivity contribution in [3.05, 3.63) is 66.0 Å². The predicted octanol–water partition coefficient (Wildman–Crippen LogP) is 5.59. The Morgan fingerprint density at radius 1 is 1.16 bits per heavy atom. The molecule has 2 heterocycles. The summed E-state index contributed by atoms with van der Waals surface area (Å²) in [6, 6.07) is 14.0. The highest BCUT2D eigenvalue weighted by molar-refractivity contribution is 6.16. The van der Waals surface area contributed by atoms with Gasteiger partial charge in [-0.05, 0) is 56.4 Å². The van der Waals surface area contributed by atoms with E-state index in [4.69, 9.17) is 4.74 Å². The van der Waals surface area contributed by atoms with Gasteiger partial charge in [-0.15, -0.1) is 0 Å². The van der Waals surface area contributed by atoms with Crippen LogP contribution in [0.2, 0.25) is 0 Å². The lowest BCUT2D eigenvalue weighted by Gasteiger charge is -2.48. The number of urea groups is 1. The smallest absolute Gasteiger partial charge is 0.410 e. The molecule has 5 rings (SSSR count). The van der Waals surface area contributed by atoms with Crippen LogP contribution in [0, 0.1) is 5.82 Å². The molecule has 7 nitrogen and oxygen atoms in total. The molecule has 1 spiro atoms. The highest BCUT2D eigenvalue weighted by Crippen LogP contribution is 2.41. The van der Waals surface area contributed by atoms with Gasteiger partial charge in [-0.1, -0.05) is 49.2 Å². The summed E-state index contributed by atoms with van der Waals surface area (Å²) in [6.07, 6.45) is 2.10. The number of carbonyl (C=O) groups excluding carboxylic acids is 2. The second kappa shape index (κ2) is 10.5. The van der Waals surface area contributed by atoms with Gasteiger partial charge in [-0.3, -0.25) is 4.90 Å². The summed E-state index contributed by atoms with van der Waals surface area (Å²) in [6.45, 7) is 2.36. The van der Waals surface area contributed by atoms with E-state index in [9.17, 15) is 18.4 Å². The summed E-state index contributed by atoms with van der Waals surface area (Å²) in [5, 5.41) is 3.27. The van der Waals surface area contributed by atoms with Crippen LogP contribution in [0.1, 0.15) is 51.0 Å². The van der Waals surface area contributed by atoms with E-state index in [0.29, 0.717) is 43.8 Å². The minimum Gasteiger partial charge on any atom is -0.445 e. The Morgan fingerprint density at radius 2 is 1.95 bits per heavy atom. The summed E-state index contributed by atoms with van der Waals surface area (Å²) in [4.78, 5) is 33.7. The molecule has 1 unspecified atom stereocenters. The molecule has 0 bridgehead atoms. The van der Waals surface area contributed by atoms with Crippen molar-refractivity contribution in [1.82, 2.24) is 10.2 Å². The molecule has 1 N–H and O–H groups in total. The number of hydrogen-bond acceptors (Lipinski definition) is 4. The number of carbonyl (C=O) groups is 2. The first-order valence-electron chi connectivity index (χ1n) is 12.9. The van der Waals surface area contributed by atoms with Gasteiger partial charge < -0.3 is 15.0 Å². The molecule has 2 aliphatic heterocycles. The van der Waals surface area contributed by atoms with Crippen molar-refractivity contribution in [3.8, 4) is 0 Å². The maximum absolute atomic E-state index is 14.8. The van der Waals surface area contributed by atoms with Crippen molar-refractivity contribution < 1.29 is 23.1 Å². The van der Waals surface area contributed by atoms with Gasteiger partial charge in [0.05, 0.1) is 6.04 Å². The molecule has 9 heteroatoms. The molecule has 3 aliphatic rings. The summed E-state index contributed by atoms with van der Waals surface area (Å²) < 4.78 is 34.5. The van der Waals surface area contributed by atoms with Gasteiger partial charge in [-0.25, -0.2) is 18.4 Å². The summed E-state index contributed by atoms with van der Waals surface area (Å²) in [7, 11) is 0. The number of aliphatic imine (C=N–C) groups is 1. The van der Waals surface area contributed by atoms with Crippen LogP contribution < -0.4 is 10.2 Å². The lowest BCUT2D eigenvalue weighted by molar-refractivity contribution is 0.0640. The predicted molar refractivity (Wildman–Crippen MR) is 137 cm³/mol. The number of benzene rings is 2. The van der Waals surface area contributed by atoms with Crippen LogP contribution in [0.5, 0.6) is 0 Å². The van der Waals surface area contributed by atoms with Crippen molar-refractivity contribution in [2.75, 3.05) is 11.4 Å². The molecule has 0 aromatic heterocycles. The lowest BCUT2D eigenvalue weighted by Crippen LogP contribution is -2.65. The summed E-state index contributed by atoms with van der Waals surface area (Å²) in [5.41, 5.74) is 0.332. The Hall–Kier alpha value is -3.49. The number of hydrogen-bond donors (Lipinski definition) is 1. The molecule has 37 heavy (non-hydrogen) atoms. The Balaban J connectivity index is 1.39. The molecule has 1 saturated heterocycles. The number of rotatable bonds is 4. The molecule has 4 atom stereocenters. The average Bonchev–Trinajstić information content (AvgIpc) is 3.14. The van der Waals surface area contributed by atoms with Crippen molar-refractivity contribution >= 4 is 23.6 Å². The molecule has 1 saturated carbocycles. The number of amides is 3. The van der Waals surface area contributed by atoms with E-state index >= 15 is 0 Å². The first-order chi connectivity index (χ1) is 17.9. The fourth-order valence-corrected chi connectivity index (χ4v) is 5.82. The SMILES string of the molecule is CC1C[C@]2(CCN1C(=O)OCc1ccccc1)C(N[C@@H]1CCCC[C@H]1F)=NC(=O)N2c1cccc(F)c1. The van der Waals surface area contributed by atoms with Crippen LogP contribution >= 0.6 is 0 Å². The summed E-state index contributed by atoms with van der Waals surface area (Å²) in [5.74, 6) is -0.0617. The van der Waals surface area contributed by atoms with E-state index in [2.05, 4.69) is 10.3 Å². The molecular weight excluding hydrogens is 478 g/mol. The zero-order valence-corrected chi connectivity index (χ0v) is 20.9. The Labute approximate surface area is 215 Å². The van der Waals surface area contributed by atoms with Gasteiger partial charge in [0.25, 0.3) is 0 Å². The van der Waals surface area contributed by atoms with Crippen LogP contribution in [-0.4, -0.2) is 53.2 Å². The van der Waals surface area contributed by atoms with Gasteiger partial charge in [-0.2, -0.15) is 4.99 Å². The lowest BCUT2D eigenvalue weighted by atomic mass is 9.80. The number of amidine groups is 1. The second-order valence-corrected chi connectivity index (χ2v) is 10.2. The number of anilines is 1. The van der Waals surface area contributed by atoms with Gasteiger partial charge in [0.2, 0.25) is 0 Å². The zero-order chi connectivity index (χ0) is 26.0. The van der Waals surface area contributed by atoms with Crippen molar-refractivity contribution in [2.45, 2.75) is 75.8 Å². The van der Waals surface area contributed by atoms with Gasteiger partial charge in [0.15, 0.2) is 0 Å². The van der Waals surface area contributed by atoms with E-state index in [0.717, 1.165) is 18.4 Å². The maximum atomic E-state index is 14.8. The summed E-state index contributed by atoms with van der Waals surface area (Å²) >= 11 is 0. The number of piperidine rings is 1.